The number of nitrogens with zero attached hydrogens (tertiary/aromatic N) is 5. The monoisotopic (exact) mass is 314 g/mol. The van der Waals surface area contributed by atoms with E-state index in [4.69, 9.17) is 0 Å². The molecule has 0 aliphatic rings. The lowest BCUT2D eigenvalue weighted by atomic mass is 9.99. The van der Waals surface area contributed by atoms with E-state index in [9.17, 15) is 0 Å². The molecule has 2 heterocycles. The lowest BCUT2D eigenvalue weighted by Gasteiger charge is -2.20. The predicted molar refractivity (Wildman–Crippen MR) is 91.3 cm³/mol. The third-order valence-corrected chi connectivity index (χ3v) is 3.74. The van der Waals surface area contributed by atoms with Gasteiger partial charge in [-0.15, -0.1) is 10.2 Å². The highest BCUT2D eigenvalue weighted by Gasteiger charge is 2.16. The summed E-state index contributed by atoms with van der Waals surface area (Å²) in [4.78, 5) is 12.7. The molecule has 4 aromatic rings. The lowest BCUT2D eigenvalue weighted by Crippen LogP contribution is -2.14. The van der Waals surface area contributed by atoms with E-state index in [1.165, 1.54) is 12.7 Å². The van der Waals surface area contributed by atoms with E-state index in [-0.39, 0.29) is 6.04 Å². The summed E-state index contributed by atoms with van der Waals surface area (Å²) in [5.41, 5.74) is 3.34. The zero-order valence-electron chi connectivity index (χ0n) is 12.7. The molecule has 0 bridgehead atoms. The van der Waals surface area contributed by atoms with Gasteiger partial charge in [0.15, 0.2) is 11.3 Å². The van der Waals surface area contributed by atoms with Gasteiger partial charge in [0, 0.05) is 0 Å². The van der Waals surface area contributed by atoms with Crippen molar-refractivity contribution in [2.24, 2.45) is 0 Å². The van der Waals surface area contributed by atoms with Gasteiger partial charge in [0.2, 0.25) is 5.65 Å². The van der Waals surface area contributed by atoms with Crippen LogP contribution in [0.3, 0.4) is 0 Å². The van der Waals surface area contributed by atoms with Gasteiger partial charge in [0.1, 0.15) is 12.7 Å². The number of anilines is 1. The van der Waals surface area contributed by atoms with Crippen molar-refractivity contribution in [2.45, 2.75) is 6.04 Å². The highest BCUT2D eigenvalue weighted by Crippen LogP contribution is 2.27. The molecule has 116 valence electrons. The SMILES string of the molecule is c1ccc(C(Nc2ncnc3nncnc23)c2ccccc2)cc1. The number of aromatic nitrogens is 5. The molecule has 0 fully saturated rings. The van der Waals surface area contributed by atoms with E-state index in [0.29, 0.717) is 17.0 Å². The summed E-state index contributed by atoms with van der Waals surface area (Å²) in [6.45, 7) is 0. The van der Waals surface area contributed by atoms with Gasteiger partial charge < -0.3 is 5.32 Å². The zero-order chi connectivity index (χ0) is 16.2. The summed E-state index contributed by atoms with van der Waals surface area (Å²) in [5, 5.41) is 11.2. The molecule has 2 aromatic carbocycles. The molecule has 0 atom stereocenters. The molecule has 4 rings (SSSR count). The Morgan fingerprint density at radius 1 is 0.708 bits per heavy atom. The average molecular weight is 314 g/mol. The van der Waals surface area contributed by atoms with Crippen LogP contribution >= 0.6 is 0 Å². The zero-order valence-corrected chi connectivity index (χ0v) is 12.7. The molecular formula is C18H14N6. The van der Waals surface area contributed by atoms with Crippen LogP contribution in [-0.2, 0) is 0 Å². The highest BCUT2D eigenvalue weighted by molar-refractivity contribution is 5.81. The number of nitrogens with one attached hydrogen (secondary N) is 1. The van der Waals surface area contributed by atoms with E-state index >= 15 is 0 Å². The third-order valence-electron chi connectivity index (χ3n) is 3.74. The maximum atomic E-state index is 4.35. The van der Waals surface area contributed by atoms with Crippen molar-refractivity contribution in [3.8, 4) is 0 Å². The van der Waals surface area contributed by atoms with Crippen LogP contribution in [0.15, 0.2) is 73.3 Å². The second kappa shape index (κ2) is 6.37. The Kier molecular flexibility index (Phi) is 3.77. The highest BCUT2D eigenvalue weighted by atomic mass is 15.2. The van der Waals surface area contributed by atoms with Crippen molar-refractivity contribution in [1.29, 1.82) is 0 Å². The van der Waals surface area contributed by atoms with Gasteiger partial charge in [-0.1, -0.05) is 60.7 Å². The van der Waals surface area contributed by atoms with Gasteiger partial charge in [-0.2, -0.15) is 0 Å². The normalized spacial score (nSPS) is 10.9. The summed E-state index contributed by atoms with van der Waals surface area (Å²) in [6, 6.07) is 20.4. The maximum absolute atomic E-state index is 4.35. The van der Waals surface area contributed by atoms with Crippen molar-refractivity contribution in [3.63, 3.8) is 0 Å². The molecule has 6 nitrogen and oxygen atoms in total. The molecule has 0 radical (unpaired) electrons. The molecule has 2 aromatic heterocycles. The largest absolute Gasteiger partial charge is 0.357 e. The van der Waals surface area contributed by atoms with Gasteiger partial charge in [-0.3, -0.25) is 0 Å². The van der Waals surface area contributed by atoms with Crippen LogP contribution < -0.4 is 5.32 Å². The van der Waals surface area contributed by atoms with Gasteiger partial charge >= 0.3 is 0 Å². The first-order chi connectivity index (χ1) is 11.9. The van der Waals surface area contributed by atoms with Gasteiger partial charge in [0.25, 0.3) is 0 Å². The van der Waals surface area contributed by atoms with E-state index in [2.05, 4.69) is 54.7 Å². The quantitative estimate of drug-likeness (QED) is 0.624. The van der Waals surface area contributed by atoms with Gasteiger partial charge in [-0.05, 0) is 11.1 Å². The van der Waals surface area contributed by atoms with Gasteiger partial charge in [-0.25, -0.2) is 15.0 Å². The fraction of sp³-hybridized carbons (Fsp3) is 0.0556. The minimum Gasteiger partial charge on any atom is -0.357 e. The topological polar surface area (TPSA) is 76.5 Å². The second-order valence-corrected chi connectivity index (χ2v) is 5.25. The first kappa shape index (κ1) is 14.2. The van der Waals surface area contributed by atoms with E-state index in [0.717, 1.165) is 11.1 Å². The van der Waals surface area contributed by atoms with Crippen LogP contribution in [0.25, 0.3) is 11.2 Å². The Morgan fingerprint density at radius 3 is 2.04 bits per heavy atom. The minimum absolute atomic E-state index is 0.0551. The van der Waals surface area contributed by atoms with E-state index in [1.54, 1.807) is 0 Å². The van der Waals surface area contributed by atoms with Crippen LogP contribution in [0.5, 0.6) is 0 Å². The molecule has 0 saturated carbocycles. The fourth-order valence-corrected chi connectivity index (χ4v) is 2.62. The molecule has 24 heavy (non-hydrogen) atoms. The number of benzene rings is 2. The van der Waals surface area contributed by atoms with Crippen LogP contribution in [0.2, 0.25) is 0 Å². The van der Waals surface area contributed by atoms with Crippen LogP contribution in [0.1, 0.15) is 17.2 Å². The Morgan fingerprint density at radius 2 is 1.38 bits per heavy atom. The van der Waals surface area contributed by atoms with Crippen LogP contribution in [0, 0.1) is 0 Å². The average Bonchev–Trinajstić information content (AvgIpc) is 2.67. The third kappa shape index (κ3) is 2.77. The summed E-state index contributed by atoms with van der Waals surface area (Å²) in [6.07, 6.45) is 2.87. The van der Waals surface area contributed by atoms with Crippen molar-refractivity contribution >= 4 is 17.0 Å². The summed E-state index contributed by atoms with van der Waals surface area (Å²) in [7, 11) is 0. The van der Waals surface area contributed by atoms with Crippen molar-refractivity contribution in [2.75, 3.05) is 5.32 Å². The van der Waals surface area contributed by atoms with Crippen LogP contribution in [-0.4, -0.2) is 25.1 Å². The summed E-state index contributed by atoms with van der Waals surface area (Å²) in [5.74, 6) is 0.632. The molecule has 1 N–H and O–H groups in total. The Hall–Kier alpha value is -3.41. The van der Waals surface area contributed by atoms with E-state index < -0.39 is 0 Å². The standard InChI is InChI=1S/C18H14N6/c1-3-7-13(8-4-1)15(14-9-5-2-6-10-14)23-17-16-18(21-11-20-17)24-22-12-19-16/h1-12,15H,(H,20,21,23,24). The van der Waals surface area contributed by atoms with Crippen molar-refractivity contribution in [1.82, 2.24) is 25.1 Å². The number of fused-ring (bicyclic) bond motifs is 1. The van der Waals surface area contributed by atoms with Crippen molar-refractivity contribution < 1.29 is 0 Å². The molecule has 6 heteroatoms. The molecule has 0 amide bonds. The number of hydrogen-bond donors (Lipinski definition) is 1. The summed E-state index contributed by atoms with van der Waals surface area (Å²) < 4.78 is 0. The summed E-state index contributed by atoms with van der Waals surface area (Å²) >= 11 is 0. The second-order valence-electron chi connectivity index (χ2n) is 5.25. The Balaban J connectivity index is 1.80. The van der Waals surface area contributed by atoms with Crippen LogP contribution in [0.4, 0.5) is 5.82 Å². The Labute approximate surface area is 138 Å². The Bertz CT molecular complexity index is 898. The molecule has 0 spiro atoms. The minimum atomic E-state index is -0.0551. The predicted octanol–water partition coefficient (Wildman–Crippen LogP) is 3.02. The van der Waals surface area contributed by atoms with E-state index in [1.807, 2.05) is 36.4 Å². The molecule has 0 unspecified atom stereocenters. The van der Waals surface area contributed by atoms with Crippen molar-refractivity contribution in [3.05, 3.63) is 84.4 Å². The van der Waals surface area contributed by atoms with Gasteiger partial charge in [0.05, 0.1) is 6.04 Å². The molecule has 0 aliphatic carbocycles. The number of hydrogen-bond acceptors (Lipinski definition) is 6. The molecular weight excluding hydrogens is 300 g/mol. The fourth-order valence-electron chi connectivity index (χ4n) is 2.62. The number of rotatable bonds is 4. The lowest BCUT2D eigenvalue weighted by molar-refractivity contribution is 0.919. The molecule has 0 saturated heterocycles. The maximum Gasteiger partial charge on any atom is 0.205 e. The molecule has 0 aliphatic heterocycles. The first-order valence-electron chi connectivity index (χ1n) is 7.56. The smallest absolute Gasteiger partial charge is 0.205 e. The first-order valence-corrected chi connectivity index (χ1v) is 7.56.